The number of carbonyl (C=O) groups excluding carboxylic acids is 1. The zero-order chi connectivity index (χ0) is 26.6. The molecule has 0 saturated carbocycles. The topological polar surface area (TPSA) is 54.8 Å². The van der Waals surface area contributed by atoms with Crippen molar-refractivity contribution in [1.29, 1.82) is 0 Å². The van der Waals surface area contributed by atoms with Gasteiger partial charge in [0.1, 0.15) is 5.56 Å². The summed E-state index contributed by atoms with van der Waals surface area (Å²) in [5.41, 5.74) is 5.50. The number of nitrogens with zero attached hydrogens (tertiary/aromatic N) is 3. The minimum absolute atomic E-state index is 0.188. The summed E-state index contributed by atoms with van der Waals surface area (Å²) in [5, 5.41) is 0.698. The number of pyridine rings is 1. The summed E-state index contributed by atoms with van der Waals surface area (Å²) in [7, 11) is 1.60. The van der Waals surface area contributed by atoms with E-state index >= 15 is 0 Å². The largest absolute Gasteiger partial charge is 0.378 e. The molecule has 2 aromatic carbocycles. The minimum atomic E-state index is -0.232. The zero-order valence-electron chi connectivity index (χ0n) is 22.3. The van der Waals surface area contributed by atoms with Gasteiger partial charge in [0.15, 0.2) is 5.43 Å². The fourth-order valence-corrected chi connectivity index (χ4v) is 6.24. The molecule has 7 heteroatoms. The van der Waals surface area contributed by atoms with Crippen LogP contribution >= 0.6 is 11.6 Å². The van der Waals surface area contributed by atoms with Gasteiger partial charge in [-0.15, -0.1) is 0 Å². The van der Waals surface area contributed by atoms with E-state index in [1.807, 2.05) is 36.1 Å². The number of piperazine rings is 1. The quantitative estimate of drug-likeness (QED) is 0.448. The van der Waals surface area contributed by atoms with Crippen LogP contribution in [0.5, 0.6) is 0 Å². The molecule has 1 aliphatic heterocycles. The van der Waals surface area contributed by atoms with E-state index in [0.29, 0.717) is 36.4 Å². The van der Waals surface area contributed by atoms with E-state index in [0.717, 1.165) is 50.0 Å². The second-order valence-electron chi connectivity index (χ2n) is 10.4. The lowest BCUT2D eigenvalue weighted by Crippen LogP contribution is -2.53. The van der Waals surface area contributed by atoms with Crippen LogP contribution in [-0.2, 0) is 37.2 Å². The number of aryl methyl sites for hydroxylation is 3. The summed E-state index contributed by atoms with van der Waals surface area (Å²) in [6, 6.07) is 18.6. The van der Waals surface area contributed by atoms with E-state index in [2.05, 4.69) is 33.7 Å². The molecule has 1 aromatic heterocycles. The van der Waals surface area contributed by atoms with Gasteiger partial charge in [-0.2, -0.15) is 0 Å². The molecule has 5 rings (SSSR count). The number of hydrogen-bond acceptors (Lipinski definition) is 4. The Hall–Kier alpha value is -2.93. The fourth-order valence-electron chi connectivity index (χ4n) is 6.03. The van der Waals surface area contributed by atoms with Gasteiger partial charge >= 0.3 is 0 Å². The first kappa shape index (κ1) is 26.7. The number of carbonyl (C=O) groups is 1. The summed E-state index contributed by atoms with van der Waals surface area (Å²) in [4.78, 5) is 31.3. The number of ether oxygens (including phenoxy) is 1. The Bertz CT molecular complexity index is 1360. The van der Waals surface area contributed by atoms with Crippen LogP contribution in [0, 0.1) is 6.92 Å². The average molecular weight is 534 g/mol. The first-order valence-electron chi connectivity index (χ1n) is 13.5. The molecule has 0 radical (unpaired) electrons. The second kappa shape index (κ2) is 11.9. The van der Waals surface area contributed by atoms with Crippen LogP contribution in [-0.4, -0.2) is 59.6 Å². The van der Waals surface area contributed by atoms with E-state index in [9.17, 15) is 9.59 Å². The molecular formula is C31H36ClN3O3. The third-order valence-corrected chi connectivity index (χ3v) is 8.31. The molecule has 1 atom stereocenters. The molecule has 1 amide bonds. The second-order valence-corrected chi connectivity index (χ2v) is 10.9. The van der Waals surface area contributed by atoms with Crippen molar-refractivity contribution in [3.05, 3.63) is 103 Å². The molecule has 38 heavy (non-hydrogen) atoms. The highest BCUT2D eigenvalue weighted by molar-refractivity contribution is 6.30. The molecular weight excluding hydrogens is 498 g/mol. The normalized spacial score (nSPS) is 17.9. The third-order valence-electron chi connectivity index (χ3n) is 8.07. The van der Waals surface area contributed by atoms with Crippen molar-refractivity contribution >= 4 is 17.5 Å². The van der Waals surface area contributed by atoms with Crippen LogP contribution in [0.4, 0.5) is 0 Å². The Kier molecular flexibility index (Phi) is 8.32. The Labute approximate surface area is 229 Å². The highest BCUT2D eigenvalue weighted by atomic mass is 35.5. The van der Waals surface area contributed by atoms with Crippen molar-refractivity contribution in [2.75, 3.05) is 33.3 Å². The van der Waals surface area contributed by atoms with Crippen molar-refractivity contribution in [3.8, 4) is 0 Å². The van der Waals surface area contributed by atoms with Crippen LogP contribution in [0.1, 0.15) is 44.9 Å². The Morgan fingerprint density at radius 1 is 1.03 bits per heavy atom. The maximum atomic E-state index is 13.8. The number of amides is 1. The predicted molar refractivity (Wildman–Crippen MR) is 151 cm³/mol. The van der Waals surface area contributed by atoms with Gasteiger partial charge in [-0.1, -0.05) is 48.0 Å². The lowest BCUT2D eigenvalue weighted by Gasteiger charge is -2.41. The molecule has 3 aromatic rings. The van der Waals surface area contributed by atoms with Crippen molar-refractivity contribution in [1.82, 2.24) is 14.4 Å². The molecule has 2 heterocycles. The van der Waals surface area contributed by atoms with Gasteiger partial charge in [-0.3, -0.25) is 14.5 Å². The molecule has 0 unspecified atom stereocenters. The number of rotatable bonds is 7. The minimum Gasteiger partial charge on any atom is -0.378 e. The lowest BCUT2D eigenvalue weighted by molar-refractivity contribution is 0.0546. The van der Waals surface area contributed by atoms with Gasteiger partial charge in [0, 0.05) is 62.7 Å². The van der Waals surface area contributed by atoms with Crippen LogP contribution in [0.15, 0.2) is 59.4 Å². The maximum absolute atomic E-state index is 13.8. The van der Waals surface area contributed by atoms with Crippen molar-refractivity contribution in [3.63, 3.8) is 0 Å². The first-order chi connectivity index (χ1) is 18.4. The first-order valence-corrected chi connectivity index (χ1v) is 13.9. The Balaban J connectivity index is 1.31. The van der Waals surface area contributed by atoms with Crippen molar-refractivity contribution < 1.29 is 9.53 Å². The highest BCUT2D eigenvalue weighted by Crippen LogP contribution is 2.26. The van der Waals surface area contributed by atoms with Gasteiger partial charge in [0.05, 0.1) is 12.3 Å². The lowest BCUT2D eigenvalue weighted by atomic mass is 9.87. The monoisotopic (exact) mass is 533 g/mol. The number of methoxy groups -OCH3 is 1. The van der Waals surface area contributed by atoms with Crippen LogP contribution < -0.4 is 5.43 Å². The summed E-state index contributed by atoms with van der Waals surface area (Å²) in [6.07, 6.45) is 4.06. The number of benzene rings is 2. The fraction of sp³-hybridized carbons (Fsp3) is 0.419. The molecule has 2 aliphatic rings. The Morgan fingerprint density at radius 2 is 1.79 bits per heavy atom. The number of fused-ring (bicyclic) bond motifs is 1. The summed E-state index contributed by atoms with van der Waals surface area (Å²) in [5.74, 6) is -0.188. The predicted octanol–water partition coefficient (Wildman–Crippen LogP) is 4.51. The molecule has 1 fully saturated rings. The third kappa shape index (κ3) is 5.73. The molecule has 200 valence electrons. The molecule has 0 spiro atoms. The summed E-state index contributed by atoms with van der Waals surface area (Å²) in [6.45, 7) is 5.64. The van der Waals surface area contributed by atoms with Crippen molar-refractivity contribution in [2.24, 2.45) is 0 Å². The van der Waals surface area contributed by atoms with Crippen LogP contribution in [0.3, 0.4) is 0 Å². The smallest absolute Gasteiger partial charge is 0.259 e. The van der Waals surface area contributed by atoms with E-state index in [1.165, 1.54) is 11.1 Å². The summed E-state index contributed by atoms with van der Waals surface area (Å²) >= 11 is 6.17. The maximum Gasteiger partial charge on any atom is 0.259 e. The van der Waals surface area contributed by atoms with E-state index in [1.54, 1.807) is 13.2 Å². The van der Waals surface area contributed by atoms with Crippen molar-refractivity contribution in [2.45, 2.75) is 51.8 Å². The zero-order valence-corrected chi connectivity index (χ0v) is 23.0. The average Bonchev–Trinajstić information content (AvgIpc) is 2.92. The standard InChI is InChI=1S/C31H36ClN3O3/c1-22-18-29(36)30(28(21-38-2)35(22)13-12-23-6-5-9-26(32)19-23)31(37)34-16-14-33(15-17-34)27-11-10-24-7-3-4-8-25(24)20-27/h3-9,18-19,27H,10-17,20-21H2,1-2H3/t27-/m0/s1. The highest BCUT2D eigenvalue weighted by Gasteiger charge is 2.31. The van der Waals surface area contributed by atoms with Gasteiger partial charge in [-0.05, 0) is 61.4 Å². The molecule has 1 aliphatic carbocycles. The van der Waals surface area contributed by atoms with E-state index in [4.69, 9.17) is 16.3 Å². The molecule has 0 N–H and O–H groups in total. The Morgan fingerprint density at radius 3 is 2.53 bits per heavy atom. The van der Waals surface area contributed by atoms with E-state index in [-0.39, 0.29) is 23.5 Å². The number of halogens is 1. The van der Waals surface area contributed by atoms with Crippen LogP contribution in [0.25, 0.3) is 0 Å². The van der Waals surface area contributed by atoms with Gasteiger partial charge in [0.2, 0.25) is 0 Å². The number of hydrogen-bond donors (Lipinski definition) is 0. The van der Waals surface area contributed by atoms with Crippen LogP contribution in [0.2, 0.25) is 5.02 Å². The van der Waals surface area contributed by atoms with E-state index < -0.39 is 0 Å². The van der Waals surface area contributed by atoms with Gasteiger partial charge < -0.3 is 14.2 Å². The molecule has 6 nitrogen and oxygen atoms in total. The molecule has 1 saturated heterocycles. The SMILES string of the molecule is COCc1c(C(=O)N2CCN([C@H]3CCc4ccccc4C3)CC2)c(=O)cc(C)n1CCc1cccc(Cl)c1. The van der Waals surface area contributed by atoms with Gasteiger partial charge in [0.25, 0.3) is 5.91 Å². The summed E-state index contributed by atoms with van der Waals surface area (Å²) < 4.78 is 7.54. The van der Waals surface area contributed by atoms with Gasteiger partial charge in [-0.25, -0.2) is 0 Å². The number of aromatic nitrogens is 1. The molecule has 0 bridgehead atoms.